The number of aryl methyl sites for hydroxylation is 1. The second-order valence-electron chi connectivity index (χ2n) is 4.83. The maximum atomic E-state index is 11.5. The normalized spacial score (nSPS) is 27.4. The lowest BCUT2D eigenvalue weighted by atomic mass is 10.0. The molecule has 0 amide bonds. The van der Waals surface area contributed by atoms with Gasteiger partial charge in [0.2, 0.25) is 0 Å². The van der Waals surface area contributed by atoms with Crippen LogP contribution in [0.15, 0.2) is 6.20 Å². The number of thiazole rings is 1. The molecule has 1 aliphatic heterocycles. The summed E-state index contributed by atoms with van der Waals surface area (Å²) in [6.07, 6.45) is 3.54. The summed E-state index contributed by atoms with van der Waals surface area (Å²) in [6.45, 7) is 4.78. The fourth-order valence-electron chi connectivity index (χ4n) is 2.04. The molecule has 0 aromatic carbocycles. The van der Waals surface area contributed by atoms with Gasteiger partial charge >= 0.3 is 0 Å². The van der Waals surface area contributed by atoms with Crippen molar-refractivity contribution in [3.8, 4) is 0 Å². The third-order valence-corrected chi connectivity index (χ3v) is 6.14. The summed E-state index contributed by atoms with van der Waals surface area (Å²) < 4.78 is 22.9. The van der Waals surface area contributed by atoms with Crippen molar-refractivity contribution in [3.05, 3.63) is 16.1 Å². The summed E-state index contributed by atoms with van der Waals surface area (Å²) in [4.78, 5) is 5.46. The molecule has 1 aromatic heterocycles. The Kier molecular flexibility index (Phi) is 3.56. The lowest BCUT2D eigenvalue weighted by Gasteiger charge is -2.23. The van der Waals surface area contributed by atoms with E-state index in [1.165, 1.54) is 4.88 Å². The number of hydrogen-bond acceptors (Lipinski definition) is 5. The van der Waals surface area contributed by atoms with Crippen LogP contribution in [0.2, 0.25) is 0 Å². The number of nitrogens with zero attached hydrogens (tertiary/aromatic N) is 1. The molecular weight excluding hydrogens is 256 g/mol. The predicted octanol–water partition coefficient (Wildman–Crippen LogP) is 1.37. The van der Waals surface area contributed by atoms with Gasteiger partial charge in [-0.05, 0) is 19.8 Å². The first-order chi connectivity index (χ1) is 7.92. The summed E-state index contributed by atoms with van der Waals surface area (Å²) >= 11 is 1.69. The van der Waals surface area contributed by atoms with E-state index in [9.17, 15) is 8.42 Å². The molecule has 17 heavy (non-hydrogen) atoms. The third kappa shape index (κ3) is 3.26. The van der Waals surface area contributed by atoms with Crippen LogP contribution < -0.4 is 5.32 Å². The van der Waals surface area contributed by atoms with Crippen molar-refractivity contribution in [1.82, 2.24) is 10.3 Å². The molecule has 1 fully saturated rings. The maximum Gasteiger partial charge on any atom is 0.152 e. The van der Waals surface area contributed by atoms with Gasteiger partial charge in [0.25, 0.3) is 0 Å². The lowest BCUT2D eigenvalue weighted by Crippen LogP contribution is -2.42. The molecule has 1 saturated heterocycles. The summed E-state index contributed by atoms with van der Waals surface area (Å²) in [5.74, 6) is 0.554. The summed E-state index contributed by atoms with van der Waals surface area (Å²) in [5, 5.41) is 4.49. The summed E-state index contributed by atoms with van der Waals surface area (Å²) in [7, 11) is -2.83. The van der Waals surface area contributed by atoms with E-state index in [4.69, 9.17) is 0 Å². The highest BCUT2D eigenvalue weighted by atomic mass is 32.2. The van der Waals surface area contributed by atoms with Gasteiger partial charge in [-0.1, -0.05) is 6.92 Å². The van der Waals surface area contributed by atoms with Crippen LogP contribution in [-0.2, 0) is 22.8 Å². The number of hydrogen-bond donors (Lipinski definition) is 1. The molecule has 6 heteroatoms. The monoisotopic (exact) mass is 274 g/mol. The number of sulfone groups is 1. The topological polar surface area (TPSA) is 59.1 Å². The van der Waals surface area contributed by atoms with E-state index in [1.807, 2.05) is 13.1 Å². The highest BCUT2D eigenvalue weighted by molar-refractivity contribution is 7.91. The van der Waals surface area contributed by atoms with Gasteiger partial charge in [-0.2, -0.15) is 0 Å². The van der Waals surface area contributed by atoms with Crippen molar-refractivity contribution < 1.29 is 8.42 Å². The van der Waals surface area contributed by atoms with E-state index in [2.05, 4.69) is 17.2 Å². The molecular formula is C11H18N2O2S2. The minimum Gasteiger partial charge on any atom is -0.306 e. The number of rotatable bonds is 4. The van der Waals surface area contributed by atoms with Crippen molar-refractivity contribution in [3.63, 3.8) is 0 Å². The van der Waals surface area contributed by atoms with E-state index in [0.29, 0.717) is 18.7 Å². The Labute approximate surface area is 106 Å². The molecule has 0 aliphatic carbocycles. The Bertz CT molecular complexity index is 495. The van der Waals surface area contributed by atoms with E-state index in [-0.39, 0.29) is 11.3 Å². The Morgan fingerprint density at radius 1 is 1.59 bits per heavy atom. The first kappa shape index (κ1) is 13.0. The third-order valence-electron chi connectivity index (χ3n) is 3.10. The lowest BCUT2D eigenvalue weighted by molar-refractivity contribution is 0.397. The molecule has 1 N–H and O–H groups in total. The Morgan fingerprint density at radius 3 is 2.88 bits per heavy atom. The van der Waals surface area contributed by atoms with Gasteiger partial charge in [0.15, 0.2) is 9.84 Å². The maximum absolute atomic E-state index is 11.5. The van der Waals surface area contributed by atoms with Crippen molar-refractivity contribution in [2.24, 2.45) is 0 Å². The molecule has 0 bridgehead atoms. The van der Waals surface area contributed by atoms with Gasteiger partial charge in [0.05, 0.1) is 16.5 Å². The minimum absolute atomic E-state index is 0.249. The van der Waals surface area contributed by atoms with Crippen LogP contribution in [-0.4, -0.2) is 30.4 Å². The molecule has 1 aliphatic rings. The zero-order valence-electron chi connectivity index (χ0n) is 10.2. The quantitative estimate of drug-likeness (QED) is 0.901. The van der Waals surface area contributed by atoms with Crippen molar-refractivity contribution in [2.75, 3.05) is 11.5 Å². The van der Waals surface area contributed by atoms with Gasteiger partial charge in [0, 0.05) is 23.2 Å². The molecule has 2 rings (SSSR count). The molecule has 4 nitrogen and oxygen atoms in total. The van der Waals surface area contributed by atoms with Crippen molar-refractivity contribution in [1.29, 1.82) is 0 Å². The molecule has 96 valence electrons. The SMILES string of the molecule is CCc1ncc(CNC2(C)CCS(=O)(=O)C2)s1. The zero-order valence-corrected chi connectivity index (χ0v) is 11.8. The van der Waals surface area contributed by atoms with E-state index >= 15 is 0 Å². The number of nitrogens with one attached hydrogen (secondary N) is 1. The van der Waals surface area contributed by atoms with E-state index in [0.717, 1.165) is 11.4 Å². The molecule has 1 unspecified atom stereocenters. The molecule has 0 radical (unpaired) electrons. The average Bonchev–Trinajstić information content (AvgIpc) is 2.81. The summed E-state index contributed by atoms with van der Waals surface area (Å²) in [5.41, 5.74) is -0.269. The molecule has 2 heterocycles. The van der Waals surface area contributed by atoms with Gasteiger partial charge in [-0.3, -0.25) is 0 Å². The first-order valence-electron chi connectivity index (χ1n) is 5.81. The Hall–Kier alpha value is -0.460. The molecule has 1 atom stereocenters. The van der Waals surface area contributed by atoms with Gasteiger partial charge in [-0.15, -0.1) is 11.3 Å². The minimum atomic E-state index is -2.83. The summed E-state index contributed by atoms with van der Waals surface area (Å²) in [6, 6.07) is 0. The number of aromatic nitrogens is 1. The van der Waals surface area contributed by atoms with Gasteiger partial charge < -0.3 is 5.32 Å². The van der Waals surface area contributed by atoms with Crippen LogP contribution in [0.3, 0.4) is 0 Å². The predicted molar refractivity (Wildman–Crippen MR) is 70.0 cm³/mol. The van der Waals surface area contributed by atoms with Crippen LogP contribution in [0.1, 0.15) is 30.2 Å². The van der Waals surface area contributed by atoms with Crippen LogP contribution >= 0.6 is 11.3 Å². The van der Waals surface area contributed by atoms with Gasteiger partial charge in [-0.25, -0.2) is 13.4 Å². The van der Waals surface area contributed by atoms with E-state index in [1.54, 1.807) is 11.3 Å². The van der Waals surface area contributed by atoms with Crippen LogP contribution in [0.5, 0.6) is 0 Å². The van der Waals surface area contributed by atoms with Crippen molar-refractivity contribution >= 4 is 21.2 Å². The Morgan fingerprint density at radius 2 is 2.35 bits per heavy atom. The van der Waals surface area contributed by atoms with Crippen molar-refractivity contribution in [2.45, 2.75) is 38.8 Å². The zero-order chi connectivity index (χ0) is 12.5. The van der Waals surface area contributed by atoms with Gasteiger partial charge in [0.1, 0.15) is 0 Å². The largest absolute Gasteiger partial charge is 0.306 e. The fourth-order valence-corrected chi connectivity index (χ4v) is 4.97. The smallest absolute Gasteiger partial charge is 0.152 e. The fraction of sp³-hybridized carbons (Fsp3) is 0.727. The second kappa shape index (κ2) is 4.66. The van der Waals surface area contributed by atoms with E-state index < -0.39 is 9.84 Å². The highest BCUT2D eigenvalue weighted by Crippen LogP contribution is 2.24. The first-order valence-corrected chi connectivity index (χ1v) is 8.45. The average molecular weight is 274 g/mol. The molecule has 0 spiro atoms. The standard InChI is InChI=1S/C11H18N2O2S2/c1-3-10-12-6-9(16-10)7-13-11(2)4-5-17(14,15)8-11/h6,13H,3-5,7-8H2,1-2H3. The molecule has 0 saturated carbocycles. The Balaban J connectivity index is 1.94. The van der Waals surface area contributed by atoms with Crippen LogP contribution in [0, 0.1) is 0 Å². The van der Waals surface area contributed by atoms with Crippen LogP contribution in [0.25, 0.3) is 0 Å². The second-order valence-corrected chi connectivity index (χ2v) is 8.21. The molecule has 1 aromatic rings. The van der Waals surface area contributed by atoms with Crippen LogP contribution in [0.4, 0.5) is 0 Å². The highest BCUT2D eigenvalue weighted by Gasteiger charge is 2.37.